The molecule has 0 fully saturated rings. The highest BCUT2D eigenvalue weighted by Gasteiger charge is 2.02. The van der Waals surface area contributed by atoms with Gasteiger partial charge in [0.05, 0.1) is 13.2 Å². The van der Waals surface area contributed by atoms with E-state index in [0.717, 1.165) is 26.2 Å². The van der Waals surface area contributed by atoms with Gasteiger partial charge in [-0.15, -0.1) is 0 Å². The van der Waals surface area contributed by atoms with Crippen molar-refractivity contribution in [1.29, 1.82) is 0 Å². The van der Waals surface area contributed by atoms with Crippen LogP contribution in [0.15, 0.2) is 0 Å². The third-order valence-corrected chi connectivity index (χ3v) is 2.61. The van der Waals surface area contributed by atoms with Crippen molar-refractivity contribution in [2.75, 3.05) is 40.0 Å². The first-order valence-electron chi connectivity index (χ1n) is 6.17. The lowest BCUT2D eigenvalue weighted by atomic mass is 10.1. The first-order valence-corrected chi connectivity index (χ1v) is 6.17. The van der Waals surface area contributed by atoms with E-state index in [1.165, 1.54) is 32.1 Å². The van der Waals surface area contributed by atoms with Gasteiger partial charge in [0, 0.05) is 20.2 Å². The first kappa shape index (κ1) is 14.9. The van der Waals surface area contributed by atoms with E-state index >= 15 is 0 Å². The van der Waals surface area contributed by atoms with E-state index in [1.54, 1.807) is 7.11 Å². The Hall–Kier alpha value is -0.120. The number of methoxy groups -OCH3 is 1. The Balaban J connectivity index is 3.38. The van der Waals surface area contributed by atoms with E-state index in [0.29, 0.717) is 0 Å². The zero-order valence-corrected chi connectivity index (χ0v) is 10.4. The van der Waals surface area contributed by atoms with Crippen LogP contribution in [0, 0.1) is 0 Å². The van der Waals surface area contributed by atoms with Crippen molar-refractivity contribution in [3.05, 3.63) is 0 Å². The molecular weight excluding hydrogens is 190 g/mol. The van der Waals surface area contributed by atoms with Crippen LogP contribution in [0.1, 0.15) is 39.0 Å². The molecule has 0 unspecified atom stereocenters. The molecule has 0 rings (SSSR count). The number of aliphatic hydroxyl groups excluding tert-OH is 1. The minimum atomic E-state index is 0.249. The molecule has 0 amide bonds. The molecule has 1 N–H and O–H groups in total. The summed E-state index contributed by atoms with van der Waals surface area (Å²) in [6, 6.07) is 0. The summed E-state index contributed by atoms with van der Waals surface area (Å²) in [5.74, 6) is 0. The fourth-order valence-corrected chi connectivity index (χ4v) is 1.64. The van der Waals surface area contributed by atoms with Crippen LogP contribution in [-0.2, 0) is 4.74 Å². The molecule has 0 radical (unpaired) electrons. The summed E-state index contributed by atoms with van der Waals surface area (Å²) >= 11 is 0. The van der Waals surface area contributed by atoms with Gasteiger partial charge < -0.3 is 9.84 Å². The van der Waals surface area contributed by atoms with Crippen LogP contribution in [-0.4, -0.2) is 50.0 Å². The number of hydrogen-bond donors (Lipinski definition) is 1. The molecule has 0 spiro atoms. The average Bonchev–Trinajstić information content (AvgIpc) is 2.25. The Morgan fingerprint density at radius 3 is 2.33 bits per heavy atom. The van der Waals surface area contributed by atoms with Crippen molar-refractivity contribution < 1.29 is 9.84 Å². The maximum absolute atomic E-state index is 8.89. The number of ether oxygens (including phenoxy) is 1. The molecule has 0 bridgehead atoms. The summed E-state index contributed by atoms with van der Waals surface area (Å²) in [4.78, 5) is 2.27. The van der Waals surface area contributed by atoms with E-state index in [1.807, 2.05) is 0 Å². The molecule has 0 aliphatic heterocycles. The number of unbranched alkanes of at least 4 members (excludes halogenated alkanes) is 4. The molecule has 0 aromatic carbocycles. The Labute approximate surface area is 94.4 Å². The topological polar surface area (TPSA) is 32.7 Å². The molecule has 0 atom stereocenters. The predicted octanol–water partition coefficient (Wildman–Crippen LogP) is 1.90. The van der Waals surface area contributed by atoms with Gasteiger partial charge in [0.25, 0.3) is 0 Å². The van der Waals surface area contributed by atoms with E-state index in [2.05, 4.69) is 11.8 Å². The summed E-state index contributed by atoms with van der Waals surface area (Å²) in [7, 11) is 1.72. The summed E-state index contributed by atoms with van der Waals surface area (Å²) in [5.41, 5.74) is 0. The standard InChI is InChI=1S/C12H27NO2/c1-3-4-5-6-7-8-13(9-11-14)10-12-15-2/h14H,3-12H2,1-2H3. The van der Waals surface area contributed by atoms with Crippen LogP contribution in [0.25, 0.3) is 0 Å². The zero-order valence-electron chi connectivity index (χ0n) is 10.4. The molecule has 3 nitrogen and oxygen atoms in total. The lowest BCUT2D eigenvalue weighted by molar-refractivity contribution is 0.129. The first-order chi connectivity index (χ1) is 7.35. The van der Waals surface area contributed by atoms with Gasteiger partial charge in [-0.05, 0) is 13.0 Å². The van der Waals surface area contributed by atoms with E-state index in [-0.39, 0.29) is 6.61 Å². The van der Waals surface area contributed by atoms with Crippen molar-refractivity contribution in [3.63, 3.8) is 0 Å². The van der Waals surface area contributed by atoms with Crippen molar-refractivity contribution >= 4 is 0 Å². The maximum atomic E-state index is 8.89. The lowest BCUT2D eigenvalue weighted by Crippen LogP contribution is -2.31. The Bertz CT molecular complexity index is 120. The molecule has 0 aliphatic carbocycles. The van der Waals surface area contributed by atoms with Gasteiger partial charge in [0.2, 0.25) is 0 Å². The molecule has 92 valence electrons. The summed E-state index contributed by atoms with van der Waals surface area (Å²) < 4.78 is 5.04. The van der Waals surface area contributed by atoms with Gasteiger partial charge in [0.1, 0.15) is 0 Å². The van der Waals surface area contributed by atoms with Crippen molar-refractivity contribution in [3.8, 4) is 0 Å². The number of rotatable bonds is 11. The third-order valence-electron chi connectivity index (χ3n) is 2.61. The second-order valence-electron chi connectivity index (χ2n) is 3.97. The highest BCUT2D eigenvalue weighted by molar-refractivity contribution is 4.57. The number of aliphatic hydroxyl groups is 1. The van der Waals surface area contributed by atoms with Crippen LogP contribution in [0.5, 0.6) is 0 Å². The van der Waals surface area contributed by atoms with Crippen LogP contribution in [0.3, 0.4) is 0 Å². The maximum Gasteiger partial charge on any atom is 0.0589 e. The number of hydrogen-bond acceptors (Lipinski definition) is 3. The fourth-order valence-electron chi connectivity index (χ4n) is 1.64. The normalized spacial score (nSPS) is 11.2. The van der Waals surface area contributed by atoms with Crippen LogP contribution < -0.4 is 0 Å². The summed E-state index contributed by atoms with van der Waals surface area (Å²) in [6.07, 6.45) is 6.53. The van der Waals surface area contributed by atoms with Gasteiger partial charge in [-0.2, -0.15) is 0 Å². The average molecular weight is 217 g/mol. The van der Waals surface area contributed by atoms with E-state index in [9.17, 15) is 0 Å². The molecule has 0 aliphatic rings. The lowest BCUT2D eigenvalue weighted by Gasteiger charge is -2.20. The van der Waals surface area contributed by atoms with Gasteiger partial charge in [-0.25, -0.2) is 0 Å². The van der Waals surface area contributed by atoms with E-state index < -0.39 is 0 Å². The van der Waals surface area contributed by atoms with Crippen molar-refractivity contribution in [2.45, 2.75) is 39.0 Å². The molecule has 0 heterocycles. The van der Waals surface area contributed by atoms with Crippen molar-refractivity contribution in [2.24, 2.45) is 0 Å². The second-order valence-corrected chi connectivity index (χ2v) is 3.97. The van der Waals surface area contributed by atoms with E-state index in [4.69, 9.17) is 9.84 Å². The Kier molecular flexibility index (Phi) is 11.9. The minimum Gasteiger partial charge on any atom is -0.395 e. The Morgan fingerprint density at radius 2 is 1.73 bits per heavy atom. The van der Waals surface area contributed by atoms with Gasteiger partial charge >= 0.3 is 0 Å². The van der Waals surface area contributed by atoms with Crippen molar-refractivity contribution in [1.82, 2.24) is 4.90 Å². The SMILES string of the molecule is CCCCCCCN(CCO)CCOC. The summed E-state index contributed by atoms with van der Waals surface area (Å²) in [5, 5.41) is 8.89. The largest absolute Gasteiger partial charge is 0.395 e. The van der Waals surface area contributed by atoms with Gasteiger partial charge in [-0.3, -0.25) is 4.90 Å². The quantitative estimate of drug-likeness (QED) is 0.537. The second kappa shape index (κ2) is 12.0. The molecule has 3 heteroatoms. The highest BCUT2D eigenvalue weighted by Crippen LogP contribution is 2.03. The third kappa shape index (κ3) is 10.2. The molecule has 0 aromatic heterocycles. The predicted molar refractivity (Wildman–Crippen MR) is 64.2 cm³/mol. The van der Waals surface area contributed by atoms with Gasteiger partial charge in [0.15, 0.2) is 0 Å². The smallest absolute Gasteiger partial charge is 0.0589 e. The zero-order chi connectivity index (χ0) is 11.4. The van der Waals surface area contributed by atoms with Crippen LogP contribution in [0.2, 0.25) is 0 Å². The highest BCUT2D eigenvalue weighted by atomic mass is 16.5. The summed E-state index contributed by atoms with van der Waals surface area (Å²) in [6.45, 7) is 6.04. The molecule has 0 saturated carbocycles. The minimum absolute atomic E-state index is 0.249. The molecule has 0 saturated heterocycles. The molecule has 0 aromatic rings. The molecular formula is C12H27NO2. The van der Waals surface area contributed by atoms with Crippen LogP contribution >= 0.6 is 0 Å². The fraction of sp³-hybridized carbons (Fsp3) is 1.00. The van der Waals surface area contributed by atoms with Gasteiger partial charge in [-0.1, -0.05) is 32.6 Å². The van der Waals surface area contributed by atoms with Crippen LogP contribution in [0.4, 0.5) is 0 Å². The Morgan fingerprint density at radius 1 is 1.00 bits per heavy atom. The monoisotopic (exact) mass is 217 g/mol. The number of nitrogens with zero attached hydrogens (tertiary/aromatic N) is 1. The molecule has 15 heavy (non-hydrogen) atoms.